The molecule has 0 aromatic carbocycles. The number of hydrogen-bond acceptors (Lipinski definition) is 5. The molecule has 78 valence electrons. The van der Waals surface area contributed by atoms with Crippen molar-refractivity contribution in [1.82, 2.24) is 9.97 Å². The molecule has 1 aromatic rings. The summed E-state index contributed by atoms with van der Waals surface area (Å²) in [6.45, 7) is 1.64. The van der Waals surface area contributed by atoms with E-state index in [4.69, 9.17) is 11.6 Å². The van der Waals surface area contributed by atoms with Gasteiger partial charge in [0.25, 0.3) is 10.1 Å². The van der Waals surface area contributed by atoms with Gasteiger partial charge < -0.3 is 0 Å². The fraction of sp³-hybridized carbons (Fsp3) is 0.429. The van der Waals surface area contributed by atoms with Crippen LogP contribution < -0.4 is 0 Å². The molecule has 0 aliphatic carbocycles. The highest BCUT2D eigenvalue weighted by atomic mass is 35.5. The van der Waals surface area contributed by atoms with E-state index in [1.165, 1.54) is 6.20 Å². The second kappa shape index (κ2) is 4.20. The summed E-state index contributed by atoms with van der Waals surface area (Å²) < 4.78 is 26.0. The number of halogens is 1. The normalized spacial score (nSPS) is 11.6. The van der Waals surface area contributed by atoms with Crippen LogP contribution in [0.4, 0.5) is 0 Å². The standard InChI is InChI=1S/C7H9ClN2O3S/c1-5-6(3-9-7(8)10-5)4-13-14(2,11)12/h3H,4H2,1-2H3. The van der Waals surface area contributed by atoms with Gasteiger partial charge in [-0.15, -0.1) is 0 Å². The van der Waals surface area contributed by atoms with Crippen LogP contribution in [0.15, 0.2) is 6.20 Å². The molecule has 0 spiro atoms. The molecule has 0 saturated heterocycles. The van der Waals surface area contributed by atoms with E-state index < -0.39 is 10.1 Å². The first-order valence-electron chi connectivity index (χ1n) is 3.71. The lowest BCUT2D eigenvalue weighted by Crippen LogP contribution is -2.05. The Morgan fingerprint density at radius 2 is 2.21 bits per heavy atom. The predicted octanol–water partition coefficient (Wildman–Crippen LogP) is 0.915. The molecule has 0 radical (unpaired) electrons. The summed E-state index contributed by atoms with van der Waals surface area (Å²) in [5.41, 5.74) is 1.20. The fourth-order valence-electron chi connectivity index (χ4n) is 0.776. The van der Waals surface area contributed by atoms with Gasteiger partial charge in [-0.05, 0) is 18.5 Å². The van der Waals surface area contributed by atoms with E-state index >= 15 is 0 Å². The van der Waals surface area contributed by atoms with Gasteiger partial charge >= 0.3 is 0 Å². The Morgan fingerprint density at radius 3 is 2.71 bits per heavy atom. The maximum absolute atomic E-state index is 10.7. The Labute approximate surface area is 87.2 Å². The number of nitrogens with zero attached hydrogens (tertiary/aromatic N) is 2. The van der Waals surface area contributed by atoms with Gasteiger partial charge in [-0.2, -0.15) is 8.42 Å². The molecule has 14 heavy (non-hydrogen) atoms. The van der Waals surface area contributed by atoms with Crippen molar-refractivity contribution in [2.75, 3.05) is 6.26 Å². The summed E-state index contributed by atoms with van der Waals surface area (Å²) in [6, 6.07) is 0. The van der Waals surface area contributed by atoms with Crippen LogP contribution in [-0.2, 0) is 20.9 Å². The minimum absolute atomic E-state index is 0.0676. The monoisotopic (exact) mass is 236 g/mol. The SMILES string of the molecule is Cc1nc(Cl)ncc1COS(C)(=O)=O. The summed E-state index contributed by atoms with van der Waals surface area (Å²) in [5, 5.41) is 0.130. The molecule has 1 rings (SSSR count). The molecule has 1 heterocycles. The smallest absolute Gasteiger partial charge is 0.264 e. The minimum Gasteiger partial charge on any atom is -0.265 e. The molecule has 7 heteroatoms. The van der Waals surface area contributed by atoms with Crippen molar-refractivity contribution in [2.45, 2.75) is 13.5 Å². The maximum Gasteiger partial charge on any atom is 0.264 e. The van der Waals surface area contributed by atoms with Gasteiger partial charge in [-0.3, -0.25) is 4.18 Å². The molecule has 0 amide bonds. The maximum atomic E-state index is 10.7. The number of hydrogen-bond donors (Lipinski definition) is 0. The first kappa shape index (κ1) is 11.4. The second-order valence-electron chi connectivity index (χ2n) is 2.72. The number of rotatable bonds is 3. The first-order valence-corrected chi connectivity index (χ1v) is 5.90. The lowest BCUT2D eigenvalue weighted by molar-refractivity contribution is 0.310. The van der Waals surface area contributed by atoms with Crippen molar-refractivity contribution in [1.29, 1.82) is 0 Å². The van der Waals surface area contributed by atoms with E-state index in [-0.39, 0.29) is 11.9 Å². The largest absolute Gasteiger partial charge is 0.265 e. The molecular weight excluding hydrogens is 228 g/mol. The van der Waals surface area contributed by atoms with Crippen LogP contribution in [-0.4, -0.2) is 24.6 Å². The Kier molecular flexibility index (Phi) is 3.41. The van der Waals surface area contributed by atoms with Crippen molar-refractivity contribution in [3.63, 3.8) is 0 Å². The summed E-state index contributed by atoms with van der Waals surface area (Å²) in [7, 11) is -3.44. The Morgan fingerprint density at radius 1 is 1.57 bits per heavy atom. The number of aryl methyl sites for hydroxylation is 1. The predicted molar refractivity (Wildman–Crippen MR) is 51.4 cm³/mol. The van der Waals surface area contributed by atoms with Crippen LogP contribution in [0, 0.1) is 6.92 Å². The molecule has 0 aliphatic heterocycles. The van der Waals surface area contributed by atoms with Gasteiger partial charge in [0.1, 0.15) is 0 Å². The molecular formula is C7H9ClN2O3S. The van der Waals surface area contributed by atoms with Gasteiger partial charge in [-0.1, -0.05) is 0 Å². The van der Waals surface area contributed by atoms with Gasteiger partial charge in [-0.25, -0.2) is 9.97 Å². The molecule has 0 aliphatic rings. The molecule has 5 nitrogen and oxygen atoms in total. The van der Waals surface area contributed by atoms with Crippen molar-refractivity contribution < 1.29 is 12.6 Å². The Balaban J connectivity index is 2.78. The minimum atomic E-state index is -3.44. The third-order valence-corrected chi connectivity index (χ3v) is 2.21. The van der Waals surface area contributed by atoms with Gasteiger partial charge in [0.15, 0.2) is 0 Å². The van der Waals surface area contributed by atoms with Gasteiger partial charge in [0.2, 0.25) is 5.28 Å². The molecule has 1 aromatic heterocycles. The molecule has 0 unspecified atom stereocenters. The third kappa shape index (κ3) is 3.57. The van der Waals surface area contributed by atoms with E-state index in [0.29, 0.717) is 11.3 Å². The van der Waals surface area contributed by atoms with E-state index in [9.17, 15) is 8.42 Å². The second-order valence-corrected chi connectivity index (χ2v) is 4.70. The topological polar surface area (TPSA) is 69.2 Å². The highest BCUT2D eigenvalue weighted by molar-refractivity contribution is 7.85. The van der Waals surface area contributed by atoms with E-state index in [2.05, 4.69) is 14.2 Å². The highest BCUT2D eigenvalue weighted by Gasteiger charge is 2.06. The zero-order valence-corrected chi connectivity index (χ0v) is 9.26. The highest BCUT2D eigenvalue weighted by Crippen LogP contribution is 2.09. The van der Waals surface area contributed by atoms with Crippen LogP contribution in [0.25, 0.3) is 0 Å². The van der Waals surface area contributed by atoms with Gasteiger partial charge in [0.05, 0.1) is 12.9 Å². The Hall–Kier alpha value is -0.720. The van der Waals surface area contributed by atoms with Crippen LogP contribution in [0.3, 0.4) is 0 Å². The zero-order chi connectivity index (χ0) is 10.8. The summed E-state index contributed by atoms with van der Waals surface area (Å²) in [4.78, 5) is 7.57. The number of aromatic nitrogens is 2. The van der Waals surface area contributed by atoms with E-state index in [0.717, 1.165) is 6.26 Å². The summed E-state index contributed by atoms with van der Waals surface area (Å²) in [5.74, 6) is 0. The average molecular weight is 237 g/mol. The fourth-order valence-corrected chi connectivity index (χ4v) is 1.29. The van der Waals surface area contributed by atoms with Gasteiger partial charge in [0, 0.05) is 17.5 Å². The quantitative estimate of drug-likeness (QED) is 0.577. The average Bonchev–Trinajstić information content (AvgIpc) is 2.00. The summed E-state index contributed by atoms with van der Waals surface area (Å²) >= 11 is 5.53. The van der Waals surface area contributed by atoms with Crippen molar-refractivity contribution in [3.05, 3.63) is 22.7 Å². The molecule has 0 N–H and O–H groups in total. The molecule has 0 atom stereocenters. The van der Waals surface area contributed by atoms with E-state index in [1.807, 2.05) is 0 Å². The van der Waals surface area contributed by atoms with Crippen LogP contribution >= 0.6 is 11.6 Å². The van der Waals surface area contributed by atoms with Crippen molar-refractivity contribution in [2.24, 2.45) is 0 Å². The van der Waals surface area contributed by atoms with Crippen LogP contribution in [0.5, 0.6) is 0 Å². The lowest BCUT2D eigenvalue weighted by atomic mass is 10.3. The van der Waals surface area contributed by atoms with Crippen molar-refractivity contribution in [3.8, 4) is 0 Å². The zero-order valence-electron chi connectivity index (χ0n) is 7.69. The van der Waals surface area contributed by atoms with Crippen LogP contribution in [0.1, 0.15) is 11.3 Å². The first-order chi connectivity index (χ1) is 6.38. The molecule has 0 fully saturated rings. The van der Waals surface area contributed by atoms with E-state index in [1.54, 1.807) is 6.92 Å². The summed E-state index contributed by atoms with van der Waals surface area (Å²) in [6.07, 6.45) is 2.43. The van der Waals surface area contributed by atoms with Crippen molar-refractivity contribution >= 4 is 21.7 Å². The molecule has 0 saturated carbocycles. The third-order valence-electron chi connectivity index (χ3n) is 1.48. The lowest BCUT2D eigenvalue weighted by Gasteiger charge is -2.03. The Bertz CT molecular complexity index is 433. The molecule has 0 bridgehead atoms. The van der Waals surface area contributed by atoms with Crippen LogP contribution in [0.2, 0.25) is 5.28 Å².